The quantitative estimate of drug-likeness (QED) is 0.647. The van der Waals surface area contributed by atoms with Crippen molar-refractivity contribution in [1.82, 2.24) is 19.9 Å². The van der Waals surface area contributed by atoms with E-state index < -0.39 is 0 Å². The molecular weight excluding hydrogens is 408 g/mol. The first-order valence-electron chi connectivity index (χ1n) is 10.8. The molecule has 1 unspecified atom stereocenters. The van der Waals surface area contributed by atoms with E-state index in [4.69, 9.17) is 19.4 Å². The highest BCUT2D eigenvalue weighted by atomic mass is 16.5. The molecule has 0 radical (unpaired) electrons. The Kier molecular flexibility index (Phi) is 5.83. The molecule has 3 aromatic rings. The van der Waals surface area contributed by atoms with Gasteiger partial charge in [-0.1, -0.05) is 0 Å². The molecular formula is C23H26N6O3. The third-order valence-corrected chi connectivity index (χ3v) is 5.78. The molecule has 1 atom stereocenters. The second kappa shape index (κ2) is 9.05. The number of hydrogen-bond donors (Lipinski definition) is 1. The van der Waals surface area contributed by atoms with Crippen molar-refractivity contribution >= 4 is 11.6 Å². The molecule has 32 heavy (non-hydrogen) atoms. The first-order valence-corrected chi connectivity index (χ1v) is 10.8. The van der Waals surface area contributed by atoms with Gasteiger partial charge in [-0.2, -0.15) is 0 Å². The van der Waals surface area contributed by atoms with Crippen molar-refractivity contribution in [3.63, 3.8) is 0 Å². The predicted octanol–water partition coefficient (Wildman–Crippen LogP) is 2.02. The number of aromatic nitrogens is 4. The first-order chi connectivity index (χ1) is 15.7. The van der Waals surface area contributed by atoms with E-state index in [1.54, 1.807) is 13.3 Å². The summed E-state index contributed by atoms with van der Waals surface area (Å²) >= 11 is 0. The lowest BCUT2D eigenvalue weighted by atomic mass is 10.1. The minimum Gasteiger partial charge on any atom is -0.480 e. The smallest absolute Gasteiger partial charge is 0.224 e. The summed E-state index contributed by atoms with van der Waals surface area (Å²) in [4.78, 5) is 22.9. The van der Waals surface area contributed by atoms with Crippen LogP contribution in [0.1, 0.15) is 6.42 Å². The zero-order chi connectivity index (χ0) is 21.9. The average molecular weight is 435 g/mol. The van der Waals surface area contributed by atoms with Crippen LogP contribution in [0.15, 0.2) is 42.7 Å². The normalized spacial score (nSPS) is 18.8. The van der Waals surface area contributed by atoms with Gasteiger partial charge in [-0.25, -0.2) is 19.9 Å². The van der Waals surface area contributed by atoms with E-state index in [2.05, 4.69) is 19.8 Å². The lowest BCUT2D eigenvalue weighted by Gasteiger charge is -2.27. The molecule has 0 aromatic carbocycles. The summed E-state index contributed by atoms with van der Waals surface area (Å²) in [7, 11) is 1.59. The Morgan fingerprint density at radius 3 is 2.62 bits per heavy atom. The molecule has 3 aromatic heterocycles. The molecule has 2 saturated heterocycles. The third-order valence-electron chi connectivity index (χ3n) is 5.78. The number of aliphatic hydroxyl groups is 1. The minimum absolute atomic E-state index is 0.348. The van der Waals surface area contributed by atoms with Crippen molar-refractivity contribution in [3.05, 3.63) is 42.7 Å². The van der Waals surface area contributed by atoms with Crippen molar-refractivity contribution in [3.8, 4) is 28.5 Å². The van der Waals surface area contributed by atoms with Gasteiger partial charge in [0, 0.05) is 50.2 Å². The number of hydrogen-bond acceptors (Lipinski definition) is 9. The Balaban J connectivity index is 1.53. The second-order valence-corrected chi connectivity index (χ2v) is 7.89. The van der Waals surface area contributed by atoms with Gasteiger partial charge in [-0.05, 0) is 30.7 Å². The zero-order valence-electron chi connectivity index (χ0n) is 18.0. The number of pyridine rings is 2. The van der Waals surface area contributed by atoms with Crippen LogP contribution in [-0.4, -0.2) is 77.6 Å². The Morgan fingerprint density at radius 2 is 1.91 bits per heavy atom. The summed E-state index contributed by atoms with van der Waals surface area (Å²) in [5.74, 6) is 2.70. The van der Waals surface area contributed by atoms with Crippen LogP contribution in [0.25, 0.3) is 22.6 Å². The fraction of sp³-hybridized carbons (Fsp3) is 0.391. The molecule has 0 aliphatic carbocycles. The van der Waals surface area contributed by atoms with Crippen molar-refractivity contribution in [2.24, 2.45) is 0 Å². The lowest BCUT2D eigenvalue weighted by molar-refractivity contribution is 0.122. The highest BCUT2D eigenvalue weighted by Crippen LogP contribution is 2.31. The minimum atomic E-state index is -0.348. The number of methoxy groups -OCH3 is 1. The van der Waals surface area contributed by atoms with Gasteiger partial charge in [0.25, 0.3) is 0 Å². The van der Waals surface area contributed by atoms with Crippen LogP contribution >= 0.6 is 0 Å². The van der Waals surface area contributed by atoms with Crippen molar-refractivity contribution < 1.29 is 14.6 Å². The molecule has 2 fully saturated rings. The van der Waals surface area contributed by atoms with Gasteiger partial charge in [0.1, 0.15) is 11.6 Å². The fourth-order valence-corrected chi connectivity index (χ4v) is 4.06. The molecule has 9 nitrogen and oxygen atoms in total. The molecule has 2 aliphatic heterocycles. The molecule has 166 valence electrons. The maximum absolute atomic E-state index is 10.0. The van der Waals surface area contributed by atoms with Crippen LogP contribution in [0.5, 0.6) is 5.88 Å². The number of nitrogens with zero attached hydrogens (tertiary/aromatic N) is 6. The molecule has 2 aliphatic rings. The summed E-state index contributed by atoms with van der Waals surface area (Å²) in [6.07, 6.45) is 3.90. The molecule has 0 saturated carbocycles. The van der Waals surface area contributed by atoms with Crippen LogP contribution in [-0.2, 0) is 4.74 Å². The van der Waals surface area contributed by atoms with Gasteiger partial charge in [0.15, 0.2) is 5.82 Å². The van der Waals surface area contributed by atoms with E-state index in [-0.39, 0.29) is 6.10 Å². The van der Waals surface area contributed by atoms with Gasteiger partial charge in [0.05, 0.1) is 37.7 Å². The summed E-state index contributed by atoms with van der Waals surface area (Å²) in [5.41, 5.74) is 2.38. The monoisotopic (exact) mass is 434 g/mol. The van der Waals surface area contributed by atoms with Crippen LogP contribution in [0.2, 0.25) is 0 Å². The Labute approximate surface area is 186 Å². The Bertz CT molecular complexity index is 1070. The van der Waals surface area contributed by atoms with E-state index in [1.807, 2.05) is 36.5 Å². The maximum atomic E-state index is 10.0. The highest BCUT2D eigenvalue weighted by Gasteiger charge is 2.24. The molecule has 0 spiro atoms. The molecule has 0 bridgehead atoms. The number of rotatable bonds is 5. The predicted molar refractivity (Wildman–Crippen MR) is 121 cm³/mol. The summed E-state index contributed by atoms with van der Waals surface area (Å²) < 4.78 is 10.9. The zero-order valence-corrected chi connectivity index (χ0v) is 18.0. The van der Waals surface area contributed by atoms with Crippen molar-refractivity contribution in [2.45, 2.75) is 12.5 Å². The first kappa shape index (κ1) is 20.6. The molecule has 5 rings (SSSR count). The average Bonchev–Trinajstić information content (AvgIpc) is 3.31. The number of morpholine rings is 1. The molecule has 5 heterocycles. The van der Waals surface area contributed by atoms with Crippen LogP contribution in [0, 0.1) is 0 Å². The lowest BCUT2D eigenvalue weighted by Crippen LogP contribution is -2.36. The molecule has 9 heteroatoms. The number of anilines is 2. The maximum Gasteiger partial charge on any atom is 0.224 e. The van der Waals surface area contributed by atoms with Crippen LogP contribution in [0.4, 0.5) is 11.6 Å². The van der Waals surface area contributed by atoms with Gasteiger partial charge >= 0.3 is 0 Å². The van der Waals surface area contributed by atoms with Gasteiger partial charge in [-0.15, -0.1) is 0 Å². The largest absolute Gasteiger partial charge is 0.480 e. The second-order valence-electron chi connectivity index (χ2n) is 7.89. The van der Waals surface area contributed by atoms with E-state index in [9.17, 15) is 5.11 Å². The number of ether oxygens (including phenoxy) is 2. The van der Waals surface area contributed by atoms with E-state index >= 15 is 0 Å². The van der Waals surface area contributed by atoms with Crippen LogP contribution < -0.4 is 14.5 Å². The standard InChI is InChI=1S/C23H26N6O3/c1-31-23-18(3-2-7-24-23)22-26-19(13-21(27-22)29-8-6-17(30)15-29)16-4-5-20(25-14-16)28-9-11-32-12-10-28/h2-5,7,13-14,17,30H,6,8-12,15H2,1H3. The molecule has 1 N–H and O–H groups in total. The summed E-state index contributed by atoms with van der Waals surface area (Å²) in [6.45, 7) is 4.41. The molecule has 0 amide bonds. The Morgan fingerprint density at radius 1 is 1.03 bits per heavy atom. The van der Waals surface area contributed by atoms with E-state index in [0.717, 1.165) is 67.7 Å². The summed E-state index contributed by atoms with van der Waals surface area (Å²) in [6, 6.07) is 9.74. The van der Waals surface area contributed by atoms with Crippen LogP contribution in [0.3, 0.4) is 0 Å². The van der Waals surface area contributed by atoms with Crippen molar-refractivity contribution in [2.75, 3.05) is 56.3 Å². The Hall–Kier alpha value is -3.30. The van der Waals surface area contributed by atoms with Crippen molar-refractivity contribution in [1.29, 1.82) is 0 Å². The summed E-state index contributed by atoms with van der Waals surface area (Å²) in [5, 5.41) is 10.0. The fourth-order valence-electron chi connectivity index (χ4n) is 4.06. The van der Waals surface area contributed by atoms with E-state index in [1.165, 1.54) is 0 Å². The van der Waals surface area contributed by atoms with Gasteiger partial charge in [0.2, 0.25) is 5.88 Å². The van der Waals surface area contributed by atoms with Gasteiger partial charge < -0.3 is 24.4 Å². The third kappa shape index (κ3) is 4.21. The number of aliphatic hydroxyl groups excluding tert-OH is 1. The highest BCUT2D eigenvalue weighted by molar-refractivity contribution is 5.70. The van der Waals surface area contributed by atoms with E-state index in [0.29, 0.717) is 18.2 Å². The topological polar surface area (TPSA) is 96.7 Å². The number of β-amino-alcohol motifs (C(OH)–C–C–N with tert-alkyl or cyclic N) is 1. The van der Waals surface area contributed by atoms with Gasteiger partial charge in [-0.3, -0.25) is 0 Å². The SMILES string of the molecule is COc1ncccc1-c1nc(-c2ccc(N3CCOCC3)nc2)cc(N2CCC(O)C2)n1.